The van der Waals surface area contributed by atoms with Gasteiger partial charge in [0.1, 0.15) is 0 Å². The Kier molecular flexibility index (Phi) is 3.06. The zero-order valence-electron chi connectivity index (χ0n) is 9.13. The number of benzene rings is 1. The predicted octanol–water partition coefficient (Wildman–Crippen LogP) is 1.20. The third-order valence-electron chi connectivity index (χ3n) is 2.81. The quantitative estimate of drug-likeness (QED) is 0.747. The van der Waals surface area contributed by atoms with E-state index in [2.05, 4.69) is 5.32 Å². The Bertz CT molecular complexity index is 398. The van der Waals surface area contributed by atoms with E-state index in [1.54, 1.807) is 6.92 Å². The number of aliphatic hydroxyl groups is 1. The maximum Gasteiger partial charge on any atom is 0.228 e. The van der Waals surface area contributed by atoms with Crippen LogP contribution >= 0.6 is 0 Å². The van der Waals surface area contributed by atoms with Crippen molar-refractivity contribution in [2.75, 3.05) is 0 Å². The molecule has 0 spiro atoms. The molecule has 0 aliphatic carbocycles. The van der Waals surface area contributed by atoms with Crippen LogP contribution in [-0.4, -0.2) is 23.2 Å². The van der Waals surface area contributed by atoms with Gasteiger partial charge >= 0.3 is 0 Å². The van der Waals surface area contributed by atoms with Crippen LogP contribution in [0.1, 0.15) is 12.5 Å². The van der Waals surface area contributed by atoms with E-state index in [0.29, 0.717) is 0 Å². The molecule has 3 atom stereocenters. The number of rotatable bonds is 3. The van der Waals surface area contributed by atoms with E-state index in [4.69, 9.17) is 0 Å². The van der Waals surface area contributed by atoms with Gasteiger partial charge in [-0.1, -0.05) is 42.5 Å². The number of hydrogen-bond donors (Lipinski definition) is 2. The average molecular weight is 217 g/mol. The number of amides is 1. The second kappa shape index (κ2) is 4.49. The standard InChI is InChI=1S/C13H15NO2/c1-9(15)12-11(14-13(12)16)8-7-10-5-3-2-4-6-10/h2-9,11-12,15H,1H3,(H,14,16)/b8-7+/t9-,11-,12+/m1/s1. The topological polar surface area (TPSA) is 49.3 Å². The molecule has 3 heteroatoms. The Hall–Kier alpha value is -1.61. The number of aliphatic hydroxyl groups excluding tert-OH is 1. The van der Waals surface area contributed by atoms with Crippen LogP contribution in [0.15, 0.2) is 36.4 Å². The smallest absolute Gasteiger partial charge is 0.228 e. The Morgan fingerprint density at radius 2 is 2.06 bits per heavy atom. The first-order chi connectivity index (χ1) is 7.68. The van der Waals surface area contributed by atoms with E-state index < -0.39 is 6.10 Å². The number of carbonyl (C=O) groups is 1. The second-order valence-corrected chi connectivity index (χ2v) is 4.07. The molecule has 1 saturated heterocycles. The molecule has 16 heavy (non-hydrogen) atoms. The monoisotopic (exact) mass is 217 g/mol. The lowest BCUT2D eigenvalue weighted by atomic mass is 9.85. The fraction of sp³-hybridized carbons (Fsp3) is 0.308. The van der Waals surface area contributed by atoms with Gasteiger partial charge in [0.25, 0.3) is 0 Å². The van der Waals surface area contributed by atoms with Gasteiger partial charge in [0, 0.05) is 0 Å². The molecule has 1 aliphatic rings. The van der Waals surface area contributed by atoms with Gasteiger partial charge in [0.05, 0.1) is 18.1 Å². The number of β-lactam (4-membered cyclic amide) rings is 1. The van der Waals surface area contributed by atoms with Gasteiger partial charge in [-0.25, -0.2) is 0 Å². The van der Waals surface area contributed by atoms with E-state index in [-0.39, 0.29) is 17.9 Å². The molecule has 1 aliphatic heterocycles. The molecular formula is C13H15NO2. The summed E-state index contributed by atoms with van der Waals surface area (Å²) in [4.78, 5) is 11.2. The maximum atomic E-state index is 11.2. The van der Waals surface area contributed by atoms with Crippen LogP contribution in [0.3, 0.4) is 0 Å². The average Bonchev–Trinajstić information content (AvgIpc) is 2.24. The van der Waals surface area contributed by atoms with E-state index in [1.165, 1.54) is 0 Å². The van der Waals surface area contributed by atoms with E-state index in [9.17, 15) is 9.90 Å². The highest BCUT2D eigenvalue weighted by atomic mass is 16.3. The highest BCUT2D eigenvalue weighted by Crippen LogP contribution is 2.21. The Labute approximate surface area is 94.8 Å². The zero-order valence-corrected chi connectivity index (χ0v) is 9.13. The van der Waals surface area contributed by atoms with Crippen molar-refractivity contribution in [3.8, 4) is 0 Å². The summed E-state index contributed by atoms with van der Waals surface area (Å²) in [6, 6.07) is 9.83. The van der Waals surface area contributed by atoms with Crippen molar-refractivity contribution in [1.29, 1.82) is 0 Å². The summed E-state index contributed by atoms with van der Waals surface area (Å²) in [5.74, 6) is -0.377. The fourth-order valence-corrected chi connectivity index (χ4v) is 1.88. The predicted molar refractivity (Wildman–Crippen MR) is 62.6 cm³/mol. The first-order valence-corrected chi connectivity index (χ1v) is 5.40. The molecule has 0 saturated carbocycles. The van der Waals surface area contributed by atoms with Crippen LogP contribution in [0.5, 0.6) is 0 Å². The minimum atomic E-state index is -0.598. The molecule has 0 unspecified atom stereocenters. The SMILES string of the molecule is C[C@@H](O)[C@@H]1C(=O)N[C@@H]1/C=C/c1ccccc1. The Morgan fingerprint density at radius 1 is 1.38 bits per heavy atom. The highest BCUT2D eigenvalue weighted by Gasteiger charge is 2.40. The van der Waals surface area contributed by atoms with Crippen molar-refractivity contribution in [1.82, 2.24) is 5.32 Å². The van der Waals surface area contributed by atoms with Crippen LogP contribution < -0.4 is 5.32 Å². The minimum Gasteiger partial charge on any atom is -0.392 e. The van der Waals surface area contributed by atoms with Gasteiger partial charge < -0.3 is 10.4 Å². The lowest BCUT2D eigenvalue weighted by Crippen LogP contribution is -2.60. The fourth-order valence-electron chi connectivity index (χ4n) is 1.88. The largest absolute Gasteiger partial charge is 0.392 e. The maximum absolute atomic E-state index is 11.2. The van der Waals surface area contributed by atoms with Crippen LogP contribution in [-0.2, 0) is 4.79 Å². The molecule has 1 heterocycles. The van der Waals surface area contributed by atoms with Crippen LogP contribution in [0.25, 0.3) is 6.08 Å². The molecule has 84 valence electrons. The third kappa shape index (κ3) is 2.14. The normalized spacial score (nSPS) is 26.2. The van der Waals surface area contributed by atoms with Crippen molar-refractivity contribution >= 4 is 12.0 Å². The zero-order chi connectivity index (χ0) is 11.5. The molecule has 1 aromatic carbocycles. The highest BCUT2D eigenvalue weighted by molar-refractivity contribution is 5.87. The van der Waals surface area contributed by atoms with Gasteiger partial charge in [0.2, 0.25) is 5.91 Å². The van der Waals surface area contributed by atoms with Crippen LogP contribution in [0, 0.1) is 5.92 Å². The summed E-state index contributed by atoms with van der Waals surface area (Å²) in [5, 5.41) is 12.2. The molecule has 0 radical (unpaired) electrons. The molecular weight excluding hydrogens is 202 g/mol. The van der Waals surface area contributed by atoms with E-state index >= 15 is 0 Å². The molecule has 1 amide bonds. The van der Waals surface area contributed by atoms with Crippen LogP contribution in [0.2, 0.25) is 0 Å². The number of carbonyl (C=O) groups excluding carboxylic acids is 1. The van der Waals surface area contributed by atoms with Crippen molar-refractivity contribution < 1.29 is 9.90 Å². The third-order valence-corrected chi connectivity index (χ3v) is 2.81. The van der Waals surface area contributed by atoms with Gasteiger partial charge in [-0.15, -0.1) is 0 Å². The first-order valence-electron chi connectivity index (χ1n) is 5.40. The van der Waals surface area contributed by atoms with Crippen molar-refractivity contribution in [2.45, 2.75) is 19.1 Å². The molecule has 3 nitrogen and oxygen atoms in total. The van der Waals surface area contributed by atoms with Crippen molar-refractivity contribution in [3.05, 3.63) is 42.0 Å². The lowest BCUT2D eigenvalue weighted by molar-refractivity contribution is -0.138. The summed E-state index contributed by atoms with van der Waals surface area (Å²) < 4.78 is 0. The first kappa shape index (κ1) is 10.9. The summed E-state index contributed by atoms with van der Waals surface area (Å²) in [6.07, 6.45) is 3.28. The van der Waals surface area contributed by atoms with Crippen LogP contribution in [0.4, 0.5) is 0 Å². The molecule has 2 rings (SSSR count). The summed E-state index contributed by atoms with van der Waals surface area (Å²) in [5.41, 5.74) is 1.09. The van der Waals surface area contributed by atoms with Crippen molar-refractivity contribution in [2.24, 2.45) is 5.92 Å². The van der Waals surface area contributed by atoms with E-state index in [0.717, 1.165) is 5.56 Å². The van der Waals surface area contributed by atoms with Gasteiger partial charge in [0.15, 0.2) is 0 Å². The summed E-state index contributed by atoms with van der Waals surface area (Å²) in [7, 11) is 0. The second-order valence-electron chi connectivity index (χ2n) is 4.07. The lowest BCUT2D eigenvalue weighted by Gasteiger charge is -2.36. The van der Waals surface area contributed by atoms with Crippen molar-refractivity contribution in [3.63, 3.8) is 0 Å². The minimum absolute atomic E-state index is 0.0484. The molecule has 1 fully saturated rings. The summed E-state index contributed by atoms with van der Waals surface area (Å²) >= 11 is 0. The number of nitrogens with one attached hydrogen (secondary N) is 1. The Balaban J connectivity index is 2.01. The molecule has 0 bridgehead atoms. The number of hydrogen-bond acceptors (Lipinski definition) is 2. The van der Waals surface area contributed by atoms with Gasteiger partial charge in [-0.2, -0.15) is 0 Å². The molecule has 1 aromatic rings. The Morgan fingerprint density at radius 3 is 2.62 bits per heavy atom. The molecule has 2 N–H and O–H groups in total. The van der Waals surface area contributed by atoms with Gasteiger partial charge in [-0.05, 0) is 12.5 Å². The summed E-state index contributed by atoms with van der Waals surface area (Å²) in [6.45, 7) is 1.65. The molecule has 0 aromatic heterocycles. The van der Waals surface area contributed by atoms with E-state index in [1.807, 2.05) is 42.5 Å². The van der Waals surface area contributed by atoms with Gasteiger partial charge in [-0.3, -0.25) is 4.79 Å².